The van der Waals surface area contributed by atoms with Gasteiger partial charge >= 0.3 is 6.03 Å². The smallest absolute Gasteiger partial charge is 0.314 e. The molecule has 0 spiro atoms. The van der Waals surface area contributed by atoms with Crippen molar-refractivity contribution in [2.24, 2.45) is 0 Å². The first-order chi connectivity index (χ1) is 17.1. The highest BCUT2D eigenvalue weighted by molar-refractivity contribution is 6.10. The Morgan fingerprint density at radius 3 is 1.97 bits per heavy atom. The standard InChI is InChI=1S/C28H26N4O3/c33-25(20-31-18-16-22(17-19-31)21-10-4-1-5-11-21)30-32-26(34)28(29-27(32)35,23-12-6-2-7-13-23)24-14-8-3-9-15-24/h1-16H,17-20H2,(H,29,35)(H,30,33). The third-order valence-corrected chi connectivity index (χ3v) is 6.48. The van der Waals surface area contributed by atoms with Gasteiger partial charge in [0.1, 0.15) is 0 Å². The minimum Gasteiger partial charge on any atom is -0.314 e. The topological polar surface area (TPSA) is 81.8 Å². The van der Waals surface area contributed by atoms with Crippen LogP contribution in [0.5, 0.6) is 0 Å². The van der Waals surface area contributed by atoms with Gasteiger partial charge in [0.05, 0.1) is 6.54 Å². The Bertz CT molecular complexity index is 1220. The van der Waals surface area contributed by atoms with Crippen molar-refractivity contribution in [1.29, 1.82) is 0 Å². The van der Waals surface area contributed by atoms with Crippen LogP contribution >= 0.6 is 0 Å². The third kappa shape index (κ3) is 4.34. The Labute approximate surface area is 204 Å². The van der Waals surface area contributed by atoms with Crippen molar-refractivity contribution in [2.75, 3.05) is 19.6 Å². The fraction of sp³-hybridized carbons (Fsp3) is 0.179. The SMILES string of the molecule is O=C(CN1CC=C(c2ccccc2)CC1)NN1C(=O)NC(c2ccccc2)(c2ccccc2)C1=O. The molecular formula is C28H26N4O3. The highest BCUT2D eigenvalue weighted by Gasteiger charge is 2.54. The average Bonchev–Trinajstić information content (AvgIpc) is 3.16. The van der Waals surface area contributed by atoms with E-state index in [1.807, 2.05) is 59.5 Å². The molecule has 3 aromatic rings. The Balaban J connectivity index is 1.30. The summed E-state index contributed by atoms with van der Waals surface area (Å²) in [6.45, 7) is 1.42. The number of nitrogens with zero attached hydrogens (tertiary/aromatic N) is 2. The van der Waals surface area contributed by atoms with E-state index in [0.717, 1.165) is 11.4 Å². The van der Waals surface area contributed by atoms with Crippen LogP contribution in [0.2, 0.25) is 0 Å². The molecule has 176 valence electrons. The summed E-state index contributed by atoms with van der Waals surface area (Å²) in [4.78, 5) is 41.4. The second-order valence-corrected chi connectivity index (χ2v) is 8.67. The van der Waals surface area contributed by atoms with Gasteiger partial charge in [0.15, 0.2) is 5.54 Å². The summed E-state index contributed by atoms with van der Waals surface area (Å²) in [7, 11) is 0. The average molecular weight is 467 g/mol. The van der Waals surface area contributed by atoms with Crippen molar-refractivity contribution in [3.63, 3.8) is 0 Å². The molecule has 7 heteroatoms. The molecule has 3 aromatic carbocycles. The molecule has 5 rings (SSSR count). The predicted molar refractivity (Wildman–Crippen MR) is 133 cm³/mol. The molecule has 1 fully saturated rings. The van der Waals surface area contributed by atoms with Gasteiger partial charge in [-0.3, -0.25) is 19.9 Å². The molecule has 2 N–H and O–H groups in total. The lowest BCUT2D eigenvalue weighted by molar-refractivity contribution is -0.138. The van der Waals surface area contributed by atoms with Gasteiger partial charge in [-0.1, -0.05) is 97.1 Å². The predicted octanol–water partition coefficient (Wildman–Crippen LogP) is 3.30. The minimum atomic E-state index is -1.41. The molecule has 2 heterocycles. The van der Waals surface area contributed by atoms with E-state index in [0.29, 0.717) is 24.2 Å². The zero-order chi connectivity index (χ0) is 24.3. The summed E-state index contributed by atoms with van der Waals surface area (Å²) >= 11 is 0. The van der Waals surface area contributed by atoms with Crippen molar-refractivity contribution in [2.45, 2.75) is 12.0 Å². The van der Waals surface area contributed by atoms with E-state index in [1.54, 1.807) is 24.3 Å². The molecule has 35 heavy (non-hydrogen) atoms. The highest BCUT2D eigenvalue weighted by Crippen LogP contribution is 2.35. The van der Waals surface area contributed by atoms with E-state index in [1.165, 1.54) is 11.1 Å². The van der Waals surface area contributed by atoms with Gasteiger partial charge in [0.25, 0.3) is 11.8 Å². The monoisotopic (exact) mass is 466 g/mol. The number of rotatable bonds is 6. The summed E-state index contributed by atoms with van der Waals surface area (Å²) < 4.78 is 0. The molecule has 7 nitrogen and oxygen atoms in total. The number of carbonyl (C=O) groups excluding carboxylic acids is 3. The van der Waals surface area contributed by atoms with Crippen LogP contribution in [0.4, 0.5) is 4.79 Å². The molecule has 0 aromatic heterocycles. The number of amides is 4. The van der Waals surface area contributed by atoms with E-state index in [-0.39, 0.29) is 6.54 Å². The Morgan fingerprint density at radius 2 is 1.43 bits per heavy atom. The van der Waals surface area contributed by atoms with Gasteiger partial charge in [-0.25, -0.2) is 4.79 Å². The summed E-state index contributed by atoms with van der Waals surface area (Å²) in [6, 6.07) is 27.6. The maximum Gasteiger partial charge on any atom is 0.344 e. The Kier molecular flexibility index (Phi) is 6.16. The Hall–Kier alpha value is -4.23. The fourth-order valence-electron chi connectivity index (χ4n) is 4.70. The molecule has 2 aliphatic rings. The lowest BCUT2D eigenvalue weighted by atomic mass is 9.83. The number of imide groups is 1. The van der Waals surface area contributed by atoms with E-state index in [2.05, 4.69) is 29.0 Å². The molecule has 0 atom stereocenters. The first-order valence-electron chi connectivity index (χ1n) is 11.6. The van der Waals surface area contributed by atoms with Crippen molar-refractivity contribution in [3.8, 4) is 0 Å². The molecule has 0 saturated carbocycles. The summed E-state index contributed by atoms with van der Waals surface area (Å²) in [5.74, 6) is -0.958. The third-order valence-electron chi connectivity index (χ3n) is 6.48. The van der Waals surface area contributed by atoms with Crippen LogP contribution in [0.15, 0.2) is 97.1 Å². The zero-order valence-electron chi connectivity index (χ0n) is 19.2. The van der Waals surface area contributed by atoms with Crippen molar-refractivity contribution < 1.29 is 14.4 Å². The first-order valence-corrected chi connectivity index (χ1v) is 11.6. The second-order valence-electron chi connectivity index (χ2n) is 8.67. The number of carbonyl (C=O) groups is 3. The number of nitrogens with one attached hydrogen (secondary N) is 2. The lowest BCUT2D eigenvalue weighted by Crippen LogP contribution is -2.51. The van der Waals surface area contributed by atoms with Crippen LogP contribution in [0, 0.1) is 0 Å². The summed E-state index contributed by atoms with van der Waals surface area (Å²) in [5.41, 5.74) is 4.81. The molecule has 0 bridgehead atoms. The van der Waals surface area contributed by atoms with Gasteiger partial charge in [-0.2, -0.15) is 5.01 Å². The van der Waals surface area contributed by atoms with Crippen LogP contribution in [-0.2, 0) is 15.1 Å². The van der Waals surface area contributed by atoms with Crippen LogP contribution in [0.25, 0.3) is 5.57 Å². The first kappa shape index (κ1) is 22.6. The molecule has 0 radical (unpaired) electrons. The van der Waals surface area contributed by atoms with Gasteiger partial charge < -0.3 is 5.32 Å². The van der Waals surface area contributed by atoms with E-state index in [4.69, 9.17) is 0 Å². The quantitative estimate of drug-likeness (QED) is 0.546. The molecule has 0 unspecified atom stereocenters. The Morgan fingerprint density at radius 1 is 0.857 bits per heavy atom. The normalized spacial score (nSPS) is 17.6. The largest absolute Gasteiger partial charge is 0.344 e. The fourth-order valence-corrected chi connectivity index (χ4v) is 4.70. The van der Waals surface area contributed by atoms with E-state index >= 15 is 0 Å². The number of hydrazine groups is 1. The van der Waals surface area contributed by atoms with Crippen molar-refractivity contribution in [1.82, 2.24) is 20.7 Å². The molecule has 0 aliphatic carbocycles. The van der Waals surface area contributed by atoms with Gasteiger partial charge in [0.2, 0.25) is 0 Å². The number of urea groups is 1. The minimum absolute atomic E-state index is 0.0826. The number of hydrogen-bond acceptors (Lipinski definition) is 4. The highest BCUT2D eigenvalue weighted by atomic mass is 16.2. The summed E-state index contributed by atoms with van der Waals surface area (Å²) in [6.07, 6.45) is 2.95. The maximum atomic E-state index is 13.7. The summed E-state index contributed by atoms with van der Waals surface area (Å²) in [5, 5.41) is 3.64. The zero-order valence-corrected chi connectivity index (χ0v) is 19.2. The molecule has 4 amide bonds. The van der Waals surface area contributed by atoms with Gasteiger partial charge in [-0.05, 0) is 28.7 Å². The van der Waals surface area contributed by atoms with Crippen molar-refractivity contribution in [3.05, 3.63) is 114 Å². The van der Waals surface area contributed by atoms with E-state index in [9.17, 15) is 14.4 Å². The van der Waals surface area contributed by atoms with Crippen LogP contribution in [0.3, 0.4) is 0 Å². The van der Waals surface area contributed by atoms with Gasteiger partial charge in [0, 0.05) is 13.1 Å². The van der Waals surface area contributed by atoms with Crippen LogP contribution in [0.1, 0.15) is 23.1 Å². The molecular weight excluding hydrogens is 440 g/mol. The van der Waals surface area contributed by atoms with Gasteiger partial charge in [-0.15, -0.1) is 0 Å². The van der Waals surface area contributed by atoms with E-state index < -0.39 is 23.4 Å². The molecule has 1 saturated heterocycles. The number of hydrogen-bond donors (Lipinski definition) is 2. The number of benzene rings is 3. The molecule has 2 aliphatic heterocycles. The maximum absolute atomic E-state index is 13.7. The second kappa shape index (κ2) is 9.56. The van der Waals surface area contributed by atoms with Crippen LogP contribution in [-0.4, -0.2) is 47.4 Å². The lowest BCUT2D eigenvalue weighted by Gasteiger charge is -2.28. The van der Waals surface area contributed by atoms with Crippen molar-refractivity contribution >= 4 is 23.4 Å². The van der Waals surface area contributed by atoms with Crippen LogP contribution < -0.4 is 10.7 Å².